The van der Waals surface area contributed by atoms with E-state index in [1.165, 1.54) is 0 Å². The zero-order valence-electron chi connectivity index (χ0n) is 14.5. The van der Waals surface area contributed by atoms with Crippen LogP contribution < -0.4 is 10.6 Å². The number of aromatic nitrogens is 1. The molecule has 1 aliphatic carbocycles. The van der Waals surface area contributed by atoms with Crippen molar-refractivity contribution in [2.45, 2.75) is 31.7 Å². The van der Waals surface area contributed by atoms with Crippen LogP contribution in [0.4, 0.5) is 10.5 Å². The minimum Gasteiger partial charge on any atom is -0.440 e. The van der Waals surface area contributed by atoms with Crippen molar-refractivity contribution in [2.24, 2.45) is 0 Å². The number of hydrogen-bond acceptors (Lipinski definition) is 5. The number of carbonyl (C=O) groups excluding carboxylic acids is 1. The number of oxazole rings is 1. The maximum absolute atomic E-state index is 12.1. The molecule has 1 aromatic carbocycles. The Kier molecular flexibility index (Phi) is 4.59. The van der Waals surface area contributed by atoms with Crippen LogP contribution in [-0.2, 0) is 4.74 Å². The molecular weight excluding hydrogens is 320 g/mol. The van der Waals surface area contributed by atoms with Crippen molar-refractivity contribution in [3.63, 3.8) is 0 Å². The lowest BCUT2D eigenvalue weighted by atomic mass is 10.2. The van der Waals surface area contributed by atoms with E-state index in [0.717, 1.165) is 56.1 Å². The predicted molar refractivity (Wildman–Crippen MR) is 94.9 cm³/mol. The van der Waals surface area contributed by atoms with E-state index in [0.29, 0.717) is 18.2 Å². The molecule has 2 aliphatic rings. The third-order valence-electron chi connectivity index (χ3n) is 4.82. The number of urea groups is 1. The van der Waals surface area contributed by atoms with Gasteiger partial charge in [-0.25, -0.2) is 9.78 Å². The molecule has 7 heteroatoms. The summed E-state index contributed by atoms with van der Waals surface area (Å²) in [5.74, 6) is 1.30. The monoisotopic (exact) mass is 344 g/mol. The summed E-state index contributed by atoms with van der Waals surface area (Å²) < 4.78 is 11.1. The fourth-order valence-electron chi connectivity index (χ4n) is 3.09. The van der Waals surface area contributed by atoms with E-state index in [-0.39, 0.29) is 12.1 Å². The summed E-state index contributed by atoms with van der Waals surface area (Å²) in [4.78, 5) is 19.0. The lowest BCUT2D eigenvalue weighted by Crippen LogP contribution is -2.47. The average molecular weight is 344 g/mol. The Labute approximate surface area is 146 Å². The first-order chi connectivity index (χ1) is 12.2. The van der Waals surface area contributed by atoms with Crippen molar-refractivity contribution in [3.8, 4) is 0 Å². The van der Waals surface area contributed by atoms with Crippen LogP contribution in [0.3, 0.4) is 0 Å². The highest BCUT2D eigenvalue weighted by Gasteiger charge is 2.28. The second-order valence-corrected chi connectivity index (χ2v) is 6.84. The van der Waals surface area contributed by atoms with Crippen LogP contribution in [0.1, 0.15) is 31.6 Å². The van der Waals surface area contributed by atoms with Gasteiger partial charge < -0.3 is 19.8 Å². The number of anilines is 1. The van der Waals surface area contributed by atoms with Crippen LogP contribution in [0.5, 0.6) is 0 Å². The van der Waals surface area contributed by atoms with Gasteiger partial charge in [-0.2, -0.15) is 0 Å². The van der Waals surface area contributed by atoms with Crippen molar-refractivity contribution in [1.82, 2.24) is 15.2 Å². The van der Waals surface area contributed by atoms with Gasteiger partial charge in [-0.05, 0) is 31.9 Å². The molecule has 2 fully saturated rings. The SMILES string of the molecule is C[C@@H](CNC(=O)Nc1ccc2nc(C3CC3)oc2c1)N1CCOCC1. The van der Waals surface area contributed by atoms with E-state index in [1.807, 2.05) is 18.2 Å². The van der Waals surface area contributed by atoms with Gasteiger partial charge in [-0.15, -0.1) is 0 Å². The van der Waals surface area contributed by atoms with Crippen molar-refractivity contribution in [2.75, 3.05) is 38.2 Å². The van der Waals surface area contributed by atoms with E-state index >= 15 is 0 Å². The lowest BCUT2D eigenvalue weighted by Gasteiger charge is -2.32. The lowest BCUT2D eigenvalue weighted by molar-refractivity contribution is 0.0209. The van der Waals surface area contributed by atoms with E-state index < -0.39 is 0 Å². The molecule has 1 aromatic heterocycles. The smallest absolute Gasteiger partial charge is 0.319 e. The maximum atomic E-state index is 12.1. The number of ether oxygens (including phenoxy) is 1. The van der Waals surface area contributed by atoms with Crippen molar-refractivity contribution in [3.05, 3.63) is 24.1 Å². The molecule has 1 saturated carbocycles. The van der Waals surface area contributed by atoms with E-state index in [1.54, 1.807) is 0 Å². The molecule has 134 valence electrons. The van der Waals surface area contributed by atoms with E-state index in [4.69, 9.17) is 9.15 Å². The molecule has 1 aliphatic heterocycles. The molecule has 0 bridgehead atoms. The first-order valence-corrected chi connectivity index (χ1v) is 8.96. The molecule has 4 rings (SSSR count). The molecular formula is C18H24N4O3. The Hall–Kier alpha value is -2.12. The number of fused-ring (bicyclic) bond motifs is 1. The summed E-state index contributed by atoms with van der Waals surface area (Å²) in [5, 5.41) is 5.80. The van der Waals surface area contributed by atoms with Crippen molar-refractivity contribution < 1.29 is 13.9 Å². The second-order valence-electron chi connectivity index (χ2n) is 6.84. The number of rotatable bonds is 5. The van der Waals surface area contributed by atoms with Gasteiger partial charge in [0.2, 0.25) is 0 Å². The molecule has 0 radical (unpaired) electrons. The van der Waals surface area contributed by atoms with Gasteiger partial charge in [-0.1, -0.05) is 0 Å². The summed E-state index contributed by atoms with van der Waals surface area (Å²) in [6.45, 7) is 6.06. The fourth-order valence-corrected chi connectivity index (χ4v) is 3.09. The molecule has 2 amide bonds. The van der Waals surface area contributed by atoms with Crippen LogP contribution in [0.25, 0.3) is 11.1 Å². The van der Waals surface area contributed by atoms with Crippen molar-refractivity contribution >= 4 is 22.8 Å². The number of carbonyl (C=O) groups is 1. The van der Waals surface area contributed by atoms with Gasteiger partial charge in [0.05, 0.1) is 13.2 Å². The van der Waals surface area contributed by atoms with E-state index in [9.17, 15) is 4.79 Å². The highest BCUT2D eigenvalue weighted by atomic mass is 16.5. The molecule has 2 N–H and O–H groups in total. The Morgan fingerprint density at radius 2 is 2.16 bits per heavy atom. The second kappa shape index (κ2) is 7.01. The van der Waals surface area contributed by atoms with Gasteiger partial charge >= 0.3 is 6.03 Å². The number of benzene rings is 1. The number of morpholine rings is 1. The topological polar surface area (TPSA) is 79.6 Å². The minimum atomic E-state index is -0.207. The highest BCUT2D eigenvalue weighted by molar-refractivity contribution is 5.91. The van der Waals surface area contributed by atoms with Gasteiger partial charge in [0.1, 0.15) is 5.52 Å². The largest absolute Gasteiger partial charge is 0.440 e. The summed E-state index contributed by atoms with van der Waals surface area (Å²) >= 11 is 0. The van der Waals surface area contributed by atoms with Crippen molar-refractivity contribution in [1.29, 1.82) is 0 Å². The molecule has 1 atom stereocenters. The summed E-state index contributed by atoms with van der Waals surface area (Å²) in [7, 11) is 0. The van der Waals surface area contributed by atoms with Crippen LogP contribution in [-0.4, -0.2) is 54.8 Å². The highest BCUT2D eigenvalue weighted by Crippen LogP contribution is 2.40. The fraction of sp³-hybridized carbons (Fsp3) is 0.556. The van der Waals surface area contributed by atoms with Gasteiger partial charge in [0, 0.05) is 43.3 Å². The van der Waals surface area contributed by atoms with Crippen LogP contribution in [0, 0.1) is 0 Å². The summed E-state index contributed by atoms with van der Waals surface area (Å²) in [5.41, 5.74) is 2.28. The molecule has 0 spiro atoms. The number of amides is 2. The van der Waals surface area contributed by atoms with Gasteiger partial charge in [0.15, 0.2) is 11.5 Å². The average Bonchev–Trinajstić information content (AvgIpc) is 3.40. The first kappa shape index (κ1) is 16.4. The molecule has 25 heavy (non-hydrogen) atoms. The third kappa shape index (κ3) is 3.93. The Morgan fingerprint density at radius 1 is 1.36 bits per heavy atom. The molecule has 7 nitrogen and oxygen atoms in total. The Balaban J connectivity index is 1.31. The summed E-state index contributed by atoms with van der Waals surface area (Å²) in [6.07, 6.45) is 2.31. The number of nitrogens with zero attached hydrogens (tertiary/aromatic N) is 2. The van der Waals surface area contributed by atoms with Crippen LogP contribution in [0.2, 0.25) is 0 Å². The normalized spacial score (nSPS) is 19.7. The molecule has 2 heterocycles. The van der Waals surface area contributed by atoms with Crippen LogP contribution in [0.15, 0.2) is 22.6 Å². The van der Waals surface area contributed by atoms with Gasteiger partial charge in [0.25, 0.3) is 0 Å². The quantitative estimate of drug-likeness (QED) is 0.871. The minimum absolute atomic E-state index is 0.207. The Morgan fingerprint density at radius 3 is 2.92 bits per heavy atom. The maximum Gasteiger partial charge on any atom is 0.319 e. The summed E-state index contributed by atoms with van der Waals surface area (Å²) in [6, 6.07) is 5.65. The van der Waals surface area contributed by atoms with E-state index in [2.05, 4.69) is 27.4 Å². The molecule has 1 saturated heterocycles. The zero-order valence-corrected chi connectivity index (χ0v) is 14.5. The third-order valence-corrected chi connectivity index (χ3v) is 4.82. The van der Waals surface area contributed by atoms with Crippen LogP contribution >= 0.6 is 0 Å². The molecule has 2 aromatic rings. The zero-order chi connectivity index (χ0) is 17.2. The number of hydrogen-bond donors (Lipinski definition) is 2. The molecule has 0 unspecified atom stereocenters. The number of nitrogens with one attached hydrogen (secondary N) is 2. The van der Waals surface area contributed by atoms with Gasteiger partial charge in [-0.3, -0.25) is 4.90 Å². The first-order valence-electron chi connectivity index (χ1n) is 8.96. The Bertz CT molecular complexity index is 750. The predicted octanol–water partition coefficient (Wildman–Crippen LogP) is 2.55. The standard InChI is InChI=1S/C18H24N4O3/c1-12(22-6-8-24-9-7-22)11-19-18(23)20-14-4-5-15-16(10-14)25-17(21-15)13-2-3-13/h4-5,10,12-13H,2-3,6-9,11H2,1H3,(H2,19,20,23)/t12-/m0/s1.